The fourth-order valence-electron chi connectivity index (χ4n) is 1.86. The van der Waals surface area contributed by atoms with Gasteiger partial charge in [0.05, 0.1) is 24.2 Å². The second kappa shape index (κ2) is 5.54. The zero-order valence-electron chi connectivity index (χ0n) is 11.7. The maximum Gasteiger partial charge on any atom is 0.229 e. The first-order valence-electron chi connectivity index (χ1n) is 6.14. The van der Waals surface area contributed by atoms with Crippen LogP contribution in [-0.2, 0) is 23.6 Å². The molecule has 0 aliphatic rings. The van der Waals surface area contributed by atoms with Gasteiger partial charge in [-0.05, 0) is 36.8 Å². The van der Waals surface area contributed by atoms with Gasteiger partial charge in [-0.1, -0.05) is 0 Å². The first kappa shape index (κ1) is 14.4. The molecule has 2 rings (SSSR count). The van der Waals surface area contributed by atoms with Gasteiger partial charge in [0.15, 0.2) is 0 Å². The van der Waals surface area contributed by atoms with Gasteiger partial charge in [-0.2, -0.15) is 5.10 Å². The fourth-order valence-corrected chi connectivity index (χ4v) is 2.48. The van der Waals surface area contributed by atoms with E-state index >= 15 is 0 Å². The van der Waals surface area contributed by atoms with E-state index in [0.717, 1.165) is 23.2 Å². The van der Waals surface area contributed by atoms with Crippen LogP contribution >= 0.6 is 0 Å². The number of aryl methyl sites for hydroxylation is 2. The third-order valence-corrected chi connectivity index (χ3v) is 3.51. The Hall–Kier alpha value is -2.02. The number of benzene rings is 1. The highest BCUT2D eigenvalue weighted by Crippen LogP contribution is 2.20. The van der Waals surface area contributed by atoms with Gasteiger partial charge in [-0.25, -0.2) is 8.42 Å². The second-order valence-corrected chi connectivity index (χ2v) is 6.45. The lowest BCUT2D eigenvalue weighted by atomic mass is 10.2. The highest BCUT2D eigenvalue weighted by atomic mass is 32.2. The van der Waals surface area contributed by atoms with E-state index in [4.69, 9.17) is 0 Å². The average Bonchev–Trinajstić information content (AvgIpc) is 2.74. The molecule has 1 heterocycles. The van der Waals surface area contributed by atoms with Gasteiger partial charge in [0.1, 0.15) is 0 Å². The molecule has 7 heteroatoms. The van der Waals surface area contributed by atoms with E-state index in [2.05, 4.69) is 15.1 Å². The lowest BCUT2D eigenvalue weighted by molar-refractivity contribution is 0.607. The smallest absolute Gasteiger partial charge is 0.229 e. The Labute approximate surface area is 118 Å². The molecule has 0 spiro atoms. The lowest BCUT2D eigenvalue weighted by Crippen LogP contribution is -2.11. The Morgan fingerprint density at radius 1 is 1.30 bits per heavy atom. The molecule has 1 aromatic heterocycles. The summed E-state index contributed by atoms with van der Waals surface area (Å²) in [5.41, 5.74) is 3.47. The molecule has 1 aromatic carbocycles. The number of aromatic nitrogens is 2. The van der Waals surface area contributed by atoms with E-state index in [1.807, 2.05) is 32.2 Å². The summed E-state index contributed by atoms with van der Waals surface area (Å²) in [6, 6.07) is 7.45. The van der Waals surface area contributed by atoms with Crippen LogP contribution in [0.25, 0.3) is 0 Å². The fraction of sp³-hybridized carbons (Fsp3) is 0.308. The van der Waals surface area contributed by atoms with E-state index in [0.29, 0.717) is 12.2 Å². The molecular weight excluding hydrogens is 276 g/mol. The van der Waals surface area contributed by atoms with E-state index in [1.165, 1.54) is 0 Å². The largest absolute Gasteiger partial charge is 0.379 e. The molecule has 2 N–H and O–H groups in total. The molecule has 0 aliphatic heterocycles. The lowest BCUT2D eigenvalue weighted by Gasteiger charge is -2.11. The van der Waals surface area contributed by atoms with Crippen LogP contribution in [0.15, 0.2) is 30.5 Å². The standard InChI is InChI=1S/C13H18N4O2S/c1-10-8-11(4-5-13(10)16-20(3,18)19)14-9-12-6-7-15-17(12)2/h4-8,14,16H,9H2,1-3H3. The number of nitrogens with one attached hydrogen (secondary N) is 2. The maximum atomic E-state index is 11.2. The Kier molecular flexibility index (Phi) is 3.99. The normalized spacial score (nSPS) is 11.3. The van der Waals surface area contributed by atoms with Crippen LogP contribution in [0.3, 0.4) is 0 Å². The predicted molar refractivity (Wildman–Crippen MR) is 80.2 cm³/mol. The van der Waals surface area contributed by atoms with E-state index in [1.54, 1.807) is 16.9 Å². The Morgan fingerprint density at radius 3 is 2.60 bits per heavy atom. The van der Waals surface area contributed by atoms with Gasteiger partial charge in [0.2, 0.25) is 10.0 Å². The second-order valence-electron chi connectivity index (χ2n) is 4.70. The number of sulfonamides is 1. The molecule has 0 bridgehead atoms. The van der Waals surface area contributed by atoms with Crippen molar-refractivity contribution in [3.63, 3.8) is 0 Å². The third-order valence-electron chi connectivity index (χ3n) is 2.92. The summed E-state index contributed by atoms with van der Waals surface area (Å²) in [6.07, 6.45) is 2.89. The first-order valence-corrected chi connectivity index (χ1v) is 8.03. The summed E-state index contributed by atoms with van der Waals surface area (Å²) in [7, 11) is -1.36. The van der Waals surface area contributed by atoms with Gasteiger partial charge in [0, 0.05) is 18.9 Å². The summed E-state index contributed by atoms with van der Waals surface area (Å²) in [5, 5.41) is 7.38. The van der Waals surface area contributed by atoms with Crippen molar-refractivity contribution in [2.24, 2.45) is 7.05 Å². The first-order chi connectivity index (χ1) is 9.35. The summed E-state index contributed by atoms with van der Waals surface area (Å²) in [6.45, 7) is 2.53. The van der Waals surface area contributed by atoms with Crippen molar-refractivity contribution in [3.05, 3.63) is 41.7 Å². The Morgan fingerprint density at radius 2 is 2.05 bits per heavy atom. The molecule has 0 saturated carbocycles. The molecule has 20 heavy (non-hydrogen) atoms. The molecule has 0 amide bonds. The molecule has 0 saturated heterocycles. The van der Waals surface area contributed by atoms with Crippen molar-refractivity contribution in [2.75, 3.05) is 16.3 Å². The molecule has 0 unspecified atom stereocenters. The number of rotatable bonds is 5. The van der Waals surface area contributed by atoms with Gasteiger partial charge in [-0.15, -0.1) is 0 Å². The van der Waals surface area contributed by atoms with Crippen molar-refractivity contribution < 1.29 is 8.42 Å². The van der Waals surface area contributed by atoms with Gasteiger partial charge in [0.25, 0.3) is 0 Å². The van der Waals surface area contributed by atoms with Crippen molar-refractivity contribution in [1.82, 2.24) is 9.78 Å². The maximum absolute atomic E-state index is 11.2. The third kappa shape index (κ3) is 3.74. The summed E-state index contributed by atoms with van der Waals surface area (Å²) in [5.74, 6) is 0. The van der Waals surface area contributed by atoms with Crippen LogP contribution in [0.5, 0.6) is 0 Å². The molecule has 0 fully saturated rings. The van der Waals surface area contributed by atoms with Crippen LogP contribution in [0.2, 0.25) is 0 Å². The zero-order valence-corrected chi connectivity index (χ0v) is 12.5. The number of hydrogen-bond donors (Lipinski definition) is 2. The molecule has 0 radical (unpaired) electrons. The van der Waals surface area contributed by atoms with Crippen LogP contribution in [-0.4, -0.2) is 24.5 Å². The van der Waals surface area contributed by atoms with E-state index < -0.39 is 10.0 Å². The van der Waals surface area contributed by atoms with Crippen molar-refractivity contribution in [1.29, 1.82) is 0 Å². The number of nitrogens with zero attached hydrogens (tertiary/aromatic N) is 2. The van der Waals surface area contributed by atoms with Crippen LogP contribution in [0, 0.1) is 6.92 Å². The van der Waals surface area contributed by atoms with Gasteiger partial charge in [-0.3, -0.25) is 9.40 Å². The Balaban J connectivity index is 2.07. The SMILES string of the molecule is Cc1cc(NCc2ccnn2C)ccc1NS(C)(=O)=O. The minimum atomic E-state index is -3.25. The highest BCUT2D eigenvalue weighted by Gasteiger charge is 2.06. The summed E-state index contributed by atoms with van der Waals surface area (Å²) < 4.78 is 26.7. The number of hydrogen-bond acceptors (Lipinski definition) is 4. The molecule has 2 aromatic rings. The van der Waals surface area contributed by atoms with Crippen LogP contribution in [0.1, 0.15) is 11.3 Å². The highest BCUT2D eigenvalue weighted by molar-refractivity contribution is 7.92. The van der Waals surface area contributed by atoms with E-state index in [9.17, 15) is 8.42 Å². The minimum absolute atomic E-state index is 0.596. The van der Waals surface area contributed by atoms with Crippen molar-refractivity contribution in [3.8, 4) is 0 Å². The monoisotopic (exact) mass is 294 g/mol. The van der Waals surface area contributed by atoms with E-state index in [-0.39, 0.29) is 0 Å². The van der Waals surface area contributed by atoms with Crippen molar-refractivity contribution in [2.45, 2.75) is 13.5 Å². The zero-order chi connectivity index (χ0) is 14.8. The predicted octanol–water partition coefficient (Wildman–Crippen LogP) is 1.71. The molecule has 0 atom stereocenters. The van der Waals surface area contributed by atoms with Crippen molar-refractivity contribution >= 4 is 21.4 Å². The topological polar surface area (TPSA) is 76.0 Å². The average molecular weight is 294 g/mol. The Bertz CT molecular complexity index is 707. The van der Waals surface area contributed by atoms with Gasteiger partial charge >= 0.3 is 0 Å². The summed E-state index contributed by atoms with van der Waals surface area (Å²) in [4.78, 5) is 0. The molecule has 6 nitrogen and oxygen atoms in total. The van der Waals surface area contributed by atoms with Crippen LogP contribution < -0.4 is 10.0 Å². The van der Waals surface area contributed by atoms with Crippen LogP contribution in [0.4, 0.5) is 11.4 Å². The van der Waals surface area contributed by atoms with Gasteiger partial charge < -0.3 is 5.32 Å². The molecule has 108 valence electrons. The summed E-state index contributed by atoms with van der Waals surface area (Å²) >= 11 is 0. The quantitative estimate of drug-likeness (QED) is 0.880. The molecular formula is C13H18N4O2S. The minimum Gasteiger partial charge on any atom is -0.379 e. The number of anilines is 2. The molecule has 0 aliphatic carbocycles.